The Morgan fingerprint density at radius 1 is 1.32 bits per heavy atom. The van der Waals surface area contributed by atoms with Gasteiger partial charge in [-0.25, -0.2) is 4.79 Å². The van der Waals surface area contributed by atoms with Gasteiger partial charge in [-0.3, -0.25) is 4.79 Å². The van der Waals surface area contributed by atoms with Crippen molar-refractivity contribution in [3.63, 3.8) is 0 Å². The zero-order valence-electron chi connectivity index (χ0n) is 11.4. The van der Waals surface area contributed by atoms with Crippen molar-refractivity contribution in [1.29, 1.82) is 5.26 Å². The van der Waals surface area contributed by atoms with Gasteiger partial charge >= 0.3 is 12.1 Å². The molecule has 1 saturated heterocycles. The zero-order valence-corrected chi connectivity index (χ0v) is 11.4. The van der Waals surface area contributed by atoms with Crippen LogP contribution in [0.2, 0.25) is 0 Å². The van der Waals surface area contributed by atoms with Crippen LogP contribution < -0.4 is 0 Å². The quantitative estimate of drug-likeness (QED) is 0.778. The zero-order chi connectivity index (χ0) is 14.5. The average molecular weight is 266 g/mol. The second-order valence-electron chi connectivity index (χ2n) is 6.69. The van der Waals surface area contributed by atoms with Crippen LogP contribution in [0, 0.1) is 22.2 Å². The number of hydrogen-bond acceptors (Lipinski definition) is 4. The molecule has 0 radical (unpaired) electrons. The first-order chi connectivity index (χ1) is 8.61. The van der Waals surface area contributed by atoms with E-state index in [9.17, 15) is 9.59 Å². The number of likely N-dealkylation sites (tertiary alicyclic amines) is 1. The van der Waals surface area contributed by atoms with Crippen molar-refractivity contribution in [2.75, 3.05) is 13.1 Å². The van der Waals surface area contributed by atoms with Crippen LogP contribution in [0.15, 0.2) is 0 Å². The molecule has 1 spiro atoms. The molecule has 0 aromatic carbocycles. The molecule has 6 nitrogen and oxygen atoms in total. The van der Waals surface area contributed by atoms with Gasteiger partial charge in [0.2, 0.25) is 0 Å². The minimum Gasteiger partial charge on any atom is -0.480 e. The first-order valence-corrected chi connectivity index (χ1v) is 6.24. The van der Waals surface area contributed by atoms with E-state index in [4.69, 9.17) is 15.1 Å². The molecule has 6 heteroatoms. The minimum atomic E-state index is -1.25. The van der Waals surface area contributed by atoms with Gasteiger partial charge in [0, 0.05) is 18.5 Å². The summed E-state index contributed by atoms with van der Waals surface area (Å²) in [4.78, 5) is 24.4. The first-order valence-electron chi connectivity index (χ1n) is 6.24. The molecule has 2 fully saturated rings. The predicted octanol–water partition coefficient (Wildman–Crippen LogP) is 1.61. The van der Waals surface area contributed by atoms with E-state index in [0.29, 0.717) is 25.9 Å². The number of carbonyl (C=O) groups is 2. The van der Waals surface area contributed by atoms with Gasteiger partial charge in [-0.05, 0) is 33.6 Å². The van der Waals surface area contributed by atoms with Crippen LogP contribution in [-0.4, -0.2) is 40.8 Å². The SMILES string of the molecule is CC(C)(C)OC(=O)N1CC2(C1)CC(C#N)(C(=O)O)C2. The fourth-order valence-corrected chi connectivity index (χ4v) is 2.95. The van der Waals surface area contributed by atoms with Gasteiger partial charge in [-0.2, -0.15) is 5.26 Å². The summed E-state index contributed by atoms with van der Waals surface area (Å²) < 4.78 is 5.23. The molecule has 0 bridgehead atoms. The standard InChI is InChI=1S/C13H18N2O4/c1-11(2,3)19-10(18)15-7-12(8-15)4-13(5-12,6-14)9(16)17/h4-5,7-8H2,1-3H3,(H,16,17). The molecule has 1 N–H and O–H groups in total. The summed E-state index contributed by atoms with van der Waals surface area (Å²) in [5, 5.41) is 18.0. The number of nitriles is 1. The number of carboxylic acid groups (broad SMARTS) is 1. The summed E-state index contributed by atoms with van der Waals surface area (Å²) in [6.45, 7) is 6.37. The third-order valence-electron chi connectivity index (χ3n) is 3.68. The maximum Gasteiger partial charge on any atom is 0.410 e. The van der Waals surface area contributed by atoms with E-state index >= 15 is 0 Å². The van der Waals surface area contributed by atoms with Crippen LogP contribution >= 0.6 is 0 Å². The fraction of sp³-hybridized carbons (Fsp3) is 0.769. The molecule has 1 saturated carbocycles. The van der Waals surface area contributed by atoms with Crippen LogP contribution in [-0.2, 0) is 9.53 Å². The maximum absolute atomic E-state index is 11.8. The lowest BCUT2D eigenvalue weighted by atomic mass is 9.50. The molecule has 0 aromatic rings. The largest absolute Gasteiger partial charge is 0.480 e. The Hall–Kier alpha value is -1.77. The Morgan fingerprint density at radius 3 is 2.21 bits per heavy atom. The molecule has 2 rings (SSSR count). The van der Waals surface area contributed by atoms with Crippen LogP contribution in [0.25, 0.3) is 0 Å². The molecular weight excluding hydrogens is 248 g/mol. The molecular formula is C13H18N2O4. The molecule has 2 aliphatic rings. The fourth-order valence-electron chi connectivity index (χ4n) is 2.95. The summed E-state index contributed by atoms with van der Waals surface area (Å²) in [7, 11) is 0. The van der Waals surface area contributed by atoms with E-state index in [1.54, 1.807) is 25.7 Å². The number of aliphatic carboxylic acids is 1. The van der Waals surface area contributed by atoms with Gasteiger partial charge in [0.15, 0.2) is 5.41 Å². The highest BCUT2D eigenvalue weighted by atomic mass is 16.6. The Labute approximate surface area is 111 Å². The van der Waals surface area contributed by atoms with Gasteiger partial charge in [0.1, 0.15) is 5.60 Å². The molecule has 19 heavy (non-hydrogen) atoms. The van der Waals surface area contributed by atoms with E-state index in [0.717, 1.165) is 0 Å². The Bertz CT molecular complexity index is 458. The van der Waals surface area contributed by atoms with Crippen molar-refractivity contribution in [2.45, 2.75) is 39.2 Å². The van der Waals surface area contributed by atoms with Crippen molar-refractivity contribution in [2.24, 2.45) is 10.8 Å². The minimum absolute atomic E-state index is 0.189. The molecule has 1 amide bonds. The summed E-state index contributed by atoms with van der Waals surface area (Å²) in [6, 6.07) is 1.89. The molecule has 1 aliphatic carbocycles. The Balaban J connectivity index is 1.87. The topological polar surface area (TPSA) is 90.6 Å². The third kappa shape index (κ3) is 2.25. The summed E-state index contributed by atoms with van der Waals surface area (Å²) in [6.07, 6.45) is 0.277. The smallest absolute Gasteiger partial charge is 0.410 e. The van der Waals surface area contributed by atoms with E-state index in [1.165, 1.54) is 0 Å². The summed E-state index contributed by atoms with van der Waals surface area (Å²) in [5.41, 5.74) is -1.97. The summed E-state index contributed by atoms with van der Waals surface area (Å²) >= 11 is 0. The number of ether oxygens (including phenoxy) is 1. The van der Waals surface area contributed by atoms with Crippen LogP contribution in [0.1, 0.15) is 33.6 Å². The number of amides is 1. The average Bonchev–Trinajstić information content (AvgIpc) is 2.10. The highest BCUT2D eigenvalue weighted by molar-refractivity contribution is 5.80. The molecule has 1 heterocycles. The van der Waals surface area contributed by atoms with Gasteiger partial charge in [-0.1, -0.05) is 0 Å². The molecule has 1 aliphatic heterocycles. The number of carboxylic acids is 1. The molecule has 0 unspecified atom stereocenters. The summed E-state index contributed by atoms with van der Waals surface area (Å²) in [5.74, 6) is -1.06. The second kappa shape index (κ2) is 3.86. The number of rotatable bonds is 1. The van der Waals surface area contributed by atoms with Crippen LogP contribution in [0.5, 0.6) is 0 Å². The van der Waals surface area contributed by atoms with E-state index in [2.05, 4.69) is 0 Å². The second-order valence-corrected chi connectivity index (χ2v) is 6.69. The first kappa shape index (κ1) is 13.7. The van der Waals surface area contributed by atoms with Gasteiger partial charge in [0.25, 0.3) is 0 Å². The number of hydrogen-bond donors (Lipinski definition) is 1. The van der Waals surface area contributed by atoms with Crippen molar-refractivity contribution >= 4 is 12.1 Å². The van der Waals surface area contributed by atoms with Crippen molar-refractivity contribution in [3.05, 3.63) is 0 Å². The lowest BCUT2D eigenvalue weighted by Crippen LogP contribution is -2.68. The maximum atomic E-state index is 11.8. The predicted molar refractivity (Wildman–Crippen MR) is 65.2 cm³/mol. The van der Waals surface area contributed by atoms with Crippen molar-refractivity contribution in [1.82, 2.24) is 4.90 Å². The lowest BCUT2D eigenvalue weighted by Gasteiger charge is -2.60. The van der Waals surface area contributed by atoms with Gasteiger partial charge in [0.05, 0.1) is 6.07 Å². The van der Waals surface area contributed by atoms with Crippen molar-refractivity contribution < 1.29 is 19.4 Å². The highest BCUT2D eigenvalue weighted by Gasteiger charge is 2.65. The van der Waals surface area contributed by atoms with Crippen molar-refractivity contribution in [3.8, 4) is 6.07 Å². The number of carbonyl (C=O) groups excluding carboxylic acids is 1. The monoisotopic (exact) mass is 266 g/mol. The molecule has 0 aromatic heterocycles. The van der Waals surface area contributed by atoms with E-state index < -0.39 is 17.0 Å². The lowest BCUT2D eigenvalue weighted by molar-refractivity contribution is -0.171. The Kier molecular flexibility index (Phi) is 2.77. The van der Waals surface area contributed by atoms with Crippen LogP contribution in [0.4, 0.5) is 4.79 Å². The van der Waals surface area contributed by atoms with Gasteiger partial charge < -0.3 is 14.7 Å². The normalized spacial score (nSPS) is 22.9. The van der Waals surface area contributed by atoms with E-state index in [1.807, 2.05) is 6.07 Å². The third-order valence-corrected chi connectivity index (χ3v) is 3.68. The van der Waals surface area contributed by atoms with Gasteiger partial charge in [-0.15, -0.1) is 0 Å². The number of nitrogens with zero attached hydrogens (tertiary/aromatic N) is 2. The van der Waals surface area contributed by atoms with E-state index in [-0.39, 0.29) is 11.5 Å². The Morgan fingerprint density at radius 2 is 1.84 bits per heavy atom. The highest BCUT2D eigenvalue weighted by Crippen LogP contribution is 2.59. The molecule has 104 valence electrons. The molecule has 0 atom stereocenters. The van der Waals surface area contributed by atoms with Crippen LogP contribution in [0.3, 0.4) is 0 Å².